The molecule has 0 bridgehead atoms. The summed E-state index contributed by atoms with van der Waals surface area (Å²) in [6.45, 7) is 2.06. The van der Waals surface area contributed by atoms with E-state index in [0.717, 1.165) is 24.9 Å². The van der Waals surface area contributed by atoms with Crippen LogP contribution in [0.15, 0.2) is 28.1 Å². The molecule has 0 atom stereocenters. The molecular weight excluding hydrogens is 294 g/mol. The first-order valence-corrected chi connectivity index (χ1v) is 6.38. The normalized spacial score (nSPS) is 10.6. The van der Waals surface area contributed by atoms with Crippen LogP contribution in [0.1, 0.15) is 5.56 Å². The number of aryl methyl sites for hydroxylation is 1. The number of benzene rings is 1. The third-order valence-corrected chi connectivity index (χ3v) is 4.61. The molecule has 2 N–H and O–H groups in total. The van der Waals surface area contributed by atoms with Crippen molar-refractivity contribution in [3.63, 3.8) is 0 Å². The summed E-state index contributed by atoms with van der Waals surface area (Å²) in [7, 11) is 0. The van der Waals surface area contributed by atoms with Gasteiger partial charge < -0.3 is 5.73 Å². The Morgan fingerprint density at radius 3 is 2.67 bits per heavy atom. The lowest BCUT2D eigenvalue weighted by atomic mass is 10.1. The first-order chi connectivity index (χ1) is 7.08. The summed E-state index contributed by atoms with van der Waals surface area (Å²) in [5, 5.41) is 0.734. The van der Waals surface area contributed by atoms with E-state index >= 15 is 0 Å². The average molecular weight is 303 g/mol. The second kappa shape index (κ2) is 4.16. The zero-order valence-electron chi connectivity index (χ0n) is 8.05. The minimum absolute atomic E-state index is 0.733. The summed E-state index contributed by atoms with van der Waals surface area (Å²) in [6, 6.07) is 7.64. The first-order valence-electron chi connectivity index (χ1n) is 4.39. The molecule has 0 saturated carbocycles. The molecule has 0 radical (unpaired) electrons. The number of halogens is 2. The van der Waals surface area contributed by atoms with Crippen molar-refractivity contribution in [2.75, 3.05) is 5.73 Å². The highest BCUT2D eigenvalue weighted by Crippen LogP contribution is 2.38. The summed E-state index contributed by atoms with van der Waals surface area (Å²) in [5.41, 5.74) is 8.69. The summed E-state index contributed by atoms with van der Waals surface area (Å²) < 4.78 is 1.14. The number of nitrogen functional groups attached to an aromatic ring is 1. The van der Waals surface area contributed by atoms with Gasteiger partial charge in [0.25, 0.3) is 0 Å². The van der Waals surface area contributed by atoms with Gasteiger partial charge in [-0.05, 0) is 52.7 Å². The van der Waals surface area contributed by atoms with Gasteiger partial charge in [-0.1, -0.05) is 11.6 Å². The SMILES string of the molecule is Cc1cc(-c2cc(N)ccc2Cl)sc1Br. The van der Waals surface area contributed by atoms with E-state index < -0.39 is 0 Å². The zero-order valence-corrected chi connectivity index (χ0v) is 11.2. The van der Waals surface area contributed by atoms with Crippen molar-refractivity contribution in [3.05, 3.63) is 38.6 Å². The lowest BCUT2D eigenvalue weighted by Gasteiger charge is -2.02. The van der Waals surface area contributed by atoms with E-state index in [1.165, 1.54) is 5.56 Å². The molecule has 78 valence electrons. The molecule has 1 aromatic carbocycles. The van der Waals surface area contributed by atoms with E-state index in [0.29, 0.717) is 0 Å². The van der Waals surface area contributed by atoms with Crippen LogP contribution in [-0.2, 0) is 0 Å². The predicted molar refractivity (Wildman–Crippen MR) is 71.6 cm³/mol. The standard InChI is InChI=1S/C11H9BrClNS/c1-6-4-10(15-11(6)12)8-5-7(14)2-3-9(8)13/h2-5H,14H2,1H3. The van der Waals surface area contributed by atoms with E-state index in [9.17, 15) is 0 Å². The fraction of sp³-hybridized carbons (Fsp3) is 0.0909. The molecule has 0 fully saturated rings. The lowest BCUT2D eigenvalue weighted by molar-refractivity contribution is 1.52. The number of thiophene rings is 1. The Labute approximate surface area is 106 Å². The molecule has 0 aliphatic rings. The molecule has 0 saturated heterocycles. The highest BCUT2D eigenvalue weighted by atomic mass is 79.9. The molecule has 15 heavy (non-hydrogen) atoms. The lowest BCUT2D eigenvalue weighted by Crippen LogP contribution is -1.84. The van der Waals surface area contributed by atoms with Crippen molar-refractivity contribution in [1.29, 1.82) is 0 Å². The van der Waals surface area contributed by atoms with Crippen molar-refractivity contribution in [3.8, 4) is 10.4 Å². The van der Waals surface area contributed by atoms with Crippen LogP contribution < -0.4 is 5.73 Å². The van der Waals surface area contributed by atoms with Crippen LogP contribution in [0.3, 0.4) is 0 Å². The smallest absolute Gasteiger partial charge is 0.0734 e. The Bertz CT molecular complexity index is 488. The van der Waals surface area contributed by atoms with Gasteiger partial charge in [0, 0.05) is 21.2 Å². The zero-order chi connectivity index (χ0) is 11.0. The van der Waals surface area contributed by atoms with Gasteiger partial charge in [0.1, 0.15) is 0 Å². The van der Waals surface area contributed by atoms with Gasteiger partial charge in [0.2, 0.25) is 0 Å². The summed E-state index contributed by atoms with van der Waals surface area (Å²) in [5.74, 6) is 0. The van der Waals surface area contributed by atoms with Gasteiger partial charge in [0.05, 0.1) is 3.79 Å². The first kappa shape index (κ1) is 11.0. The van der Waals surface area contributed by atoms with Crippen molar-refractivity contribution in [1.82, 2.24) is 0 Å². The number of hydrogen-bond donors (Lipinski definition) is 1. The second-order valence-electron chi connectivity index (χ2n) is 3.31. The fourth-order valence-electron chi connectivity index (χ4n) is 1.32. The Morgan fingerprint density at radius 1 is 1.33 bits per heavy atom. The van der Waals surface area contributed by atoms with Crippen LogP contribution in [0.25, 0.3) is 10.4 Å². The molecule has 0 amide bonds. The predicted octanol–water partition coefficient (Wildman–Crippen LogP) is 4.72. The molecule has 0 unspecified atom stereocenters. The fourth-order valence-corrected chi connectivity index (χ4v) is 3.16. The summed E-state index contributed by atoms with van der Waals surface area (Å²) in [6.07, 6.45) is 0. The Hall–Kier alpha value is -0.510. The minimum atomic E-state index is 0.733. The van der Waals surface area contributed by atoms with E-state index in [1.807, 2.05) is 12.1 Å². The van der Waals surface area contributed by atoms with Gasteiger partial charge in [-0.15, -0.1) is 11.3 Å². The van der Waals surface area contributed by atoms with Gasteiger partial charge in [-0.3, -0.25) is 0 Å². The van der Waals surface area contributed by atoms with Gasteiger partial charge in [-0.25, -0.2) is 0 Å². The van der Waals surface area contributed by atoms with Crippen LogP contribution in [-0.4, -0.2) is 0 Å². The third kappa shape index (κ3) is 2.19. The minimum Gasteiger partial charge on any atom is -0.399 e. The van der Waals surface area contributed by atoms with Crippen molar-refractivity contribution in [2.24, 2.45) is 0 Å². The van der Waals surface area contributed by atoms with E-state index in [4.69, 9.17) is 17.3 Å². The Kier molecular flexibility index (Phi) is 3.05. The maximum atomic E-state index is 6.13. The highest BCUT2D eigenvalue weighted by molar-refractivity contribution is 9.11. The van der Waals surface area contributed by atoms with E-state index in [1.54, 1.807) is 17.4 Å². The van der Waals surface area contributed by atoms with Crippen LogP contribution in [0.2, 0.25) is 5.02 Å². The molecule has 1 heterocycles. The molecule has 2 rings (SSSR count). The number of rotatable bonds is 1. The number of hydrogen-bond acceptors (Lipinski definition) is 2. The maximum Gasteiger partial charge on any atom is 0.0734 e. The average Bonchev–Trinajstić information content (AvgIpc) is 2.51. The van der Waals surface area contributed by atoms with E-state index in [2.05, 4.69) is 28.9 Å². The van der Waals surface area contributed by atoms with Crippen LogP contribution in [0.4, 0.5) is 5.69 Å². The van der Waals surface area contributed by atoms with Crippen molar-refractivity contribution >= 4 is 44.6 Å². The summed E-state index contributed by atoms with van der Waals surface area (Å²) >= 11 is 11.3. The van der Waals surface area contributed by atoms with Crippen molar-refractivity contribution in [2.45, 2.75) is 6.92 Å². The third-order valence-electron chi connectivity index (χ3n) is 2.11. The Morgan fingerprint density at radius 2 is 2.07 bits per heavy atom. The molecular formula is C11H9BrClNS. The van der Waals surface area contributed by atoms with Crippen molar-refractivity contribution < 1.29 is 0 Å². The molecule has 0 aliphatic carbocycles. The maximum absolute atomic E-state index is 6.13. The second-order valence-corrected chi connectivity index (χ2v) is 6.08. The monoisotopic (exact) mass is 301 g/mol. The number of anilines is 1. The van der Waals surface area contributed by atoms with Crippen LogP contribution >= 0.6 is 38.9 Å². The molecule has 1 nitrogen and oxygen atoms in total. The largest absolute Gasteiger partial charge is 0.399 e. The molecule has 4 heteroatoms. The Balaban J connectivity index is 2.58. The summed E-state index contributed by atoms with van der Waals surface area (Å²) in [4.78, 5) is 1.14. The van der Waals surface area contributed by atoms with Gasteiger partial charge in [-0.2, -0.15) is 0 Å². The quantitative estimate of drug-likeness (QED) is 0.758. The number of nitrogens with two attached hydrogens (primary N) is 1. The highest BCUT2D eigenvalue weighted by Gasteiger charge is 2.08. The molecule has 0 spiro atoms. The molecule has 1 aromatic heterocycles. The van der Waals surface area contributed by atoms with Gasteiger partial charge >= 0.3 is 0 Å². The van der Waals surface area contributed by atoms with Gasteiger partial charge in [0.15, 0.2) is 0 Å². The topological polar surface area (TPSA) is 26.0 Å². The van der Waals surface area contributed by atoms with Crippen LogP contribution in [0, 0.1) is 6.92 Å². The van der Waals surface area contributed by atoms with E-state index in [-0.39, 0.29) is 0 Å². The van der Waals surface area contributed by atoms with Crippen LogP contribution in [0.5, 0.6) is 0 Å². The molecule has 0 aliphatic heterocycles. The molecule has 2 aromatic rings.